The molecule has 1 aliphatic carbocycles. The molecule has 2 aromatic rings. The molecule has 0 unspecified atom stereocenters. The van der Waals surface area contributed by atoms with Crippen molar-refractivity contribution in [1.82, 2.24) is 10.3 Å². The predicted molar refractivity (Wildman–Crippen MR) is 70.7 cm³/mol. The molecule has 0 radical (unpaired) electrons. The molecule has 1 aliphatic rings. The average molecular weight is 262 g/mol. The van der Waals surface area contributed by atoms with Crippen molar-refractivity contribution in [2.24, 2.45) is 5.92 Å². The van der Waals surface area contributed by atoms with Gasteiger partial charge in [0.25, 0.3) is 5.91 Å². The molecular weight excluding hydrogens is 248 g/mol. The van der Waals surface area contributed by atoms with E-state index in [4.69, 9.17) is 0 Å². The Labute approximate surface area is 109 Å². The molecule has 0 bridgehead atoms. The van der Waals surface area contributed by atoms with Crippen molar-refractivity contribution in [2.75, 3.05) is 6.54 Å². The molecule has 4 nitrogen and oxygen atoms in total. The number of rotatable bonds is 3. The lowest BCUT2D eigenvalue weighted by Crippen LogP contribution is -2.38. The standard InChI is InChI=1S/C13H14N2O2S/c16-10-3-8(4-10)6-14-13(17)9-1-2-11-12(5-9)18-7-15-11/h1-2,5,7-8,10,16H,3-4,6H2,(H,14,17). The van der Waals surface area contributed by atoms with Crippen LogP contribution in [0.2, 0.25) is 0 Å². The van der Waals surface area contributed by atoms with Crippen LogP contribution >= 0.6 is 11.3 Å². The van der Waals surface area contributed by atoms with E-state index in [1.165, 1.54) is 11.3 Å². The predicted octanol–water partition coefficient (Wildman–Crippen LogP) is 1.80. The van der Waals surface area contributed by atoms with E-state index < -0.39 is 0 Å². The highest BCUT2D eigenvalue weighted by Gasteiger charge is 2.27. The van der Waals surface area contributed by atoms with Crippen LogP contribution in [0.1, 0.15) is 23.2 Å². The first-order chi connectivity index (χ1) is 8.72. The molecule has 3 rings (SSSR count). The lowest BCUT2D eigenvalue weighted by molar-refractivity contribution is 0.0420. The van der Waals surface area contributed by atoms with Crippen molar-refractivity contribution in [3.63, 3.8) is 0 Å². The Morgan fingerprint density at radius 2 is 2.33 bits per heavy atom. The largest absolute Gasteiger partial charge is 0.393 e. The Morgan fingerprint density at radius 1 is 1.50 bits per heavy atom. The van der Waals surface area contributed by atoms with E-state index in [0.717, 1.165) is 23.1 Å². The number of benzene rings is 1. The van der Waals surface area contributed by atoms with Crippen LogP contribution in [0, 0.1) is 5.92 Å². The van der Waals surface area contributed by atoms with Crippen LogP contribution in [-0.2, 0) is 0 Å². The molecule has 1 fully saturated rings. The zero-order valence-corrected chi connectivity index (χ0v) is 10.6. The van der Waals surface area contributed by atoms with E-state index in [9.17, 15) is 9.90 Å². The lowest BCUT2D eigenvalue weighted by Gasteiger charge is -2.31. The van der Waals surface area contributed by atoms with Gasteiger partial charge in [0.1, 0.15) is 0 Å². The number of hydrogen-bond donors (Lipinski definition) is 2. The third-order valence-corrected chi connectivity index (χ3v) is 4.15. The fourth-order valence-electron chi connectivity index (χ4n) is 2.20. The minimum atomic E-state index is -0.166. The van der Waals surface area contributed by atoms with E-state index in [2.05, 4.69) is 10.3 Å². The third kappa shape index (κ3) is 2.23. The Hall–Kier alpha value is -1.46. The number of amides is 1. The van der Waals surface area contributed by atoms with Gasteiger partial charge in [-0.2, -0.15) is 0 Å². The average Bonchev–Trinajstić information content (AvgIpc) is 2.79. The molecule has 1 heterocycles. The van der Waals surface area contributed by atoms with Gasteiger partial charge in [0, 0.05) is 12.1 Å². The molecule has 0 aliphatic heterocycles. The third-order valence-electron chi connectivity index (χ3n) is 3.36. The highest BCUT2D eigenvalue weighted by molar-refractivity contribution is 7.16. The van der Waals surface area contributed by atoms with Crippen LogP contribution in [0.15, 0.2) is 23.7 Å². The van der Waals surface area contributed by atoms with Gasteiger partial charge >= 0.3 is 0 Å². The Balaban J connectivity index is 1.64. The van der Waals surface area contributed by atoms with E-state index >= 15 is 0 Å². The summed E-state index contributed by atoms with van der Waals surface area (Å²) < 4.78 is 1.03. The minimum Gasteiger partial charge on any atom is -0.393 e. The summed E-state index contributed by atoms with van der Waals surface area (Å²) in [4.78, 5) is 16.1. The molecule has 1 saturated carbocycles. The van der Waals surface area contributed by atoms with Crippen molar-refractivity contribution < 1.29 is 9.90 Å². The summed E-state index contributed by atoms with van der Waals surface area (Å²) in [7, 11) is 0. The second-order valence-corrected chi connectivity index (χ2v) is 5.62. The molecule has 2 N–H and O–H groups in total. The first kappa shape index (κ1) is 11.6. The number of aliphatic hydroxyl groups excluding tert-OH is 1. The van der Waals surface area contributed by atoms with E-state index in [0.29, 0.717) is 18.0 Å². The Kier molecular flexibility index (Phi) is 3.01. The van der Waals surface area contributed by atoms with E-state index in [-0.39, 0.29) is 12.0 Å². The molecule has 0 atom stereocenters. The van der Waals surface area contributed by atoms with Crippen LogP contribution < -0.4 is 5.32 Å². The van der Waals surface area contributed by atoms with Crippen molar-refractivity contribution >= 4 is 27.5 Å². The number of aromatic nitrogens is 1. The molecule has 94 valence electrons. The summed E-state index contributed by atoms with van der Waals surface area (Å²) in [5.74, 6) is 0.378. The van der Waals surface area contributed by atoms with Gasteiger partial charge in [-0.25, -0.2) is 4.98 Å². The van der Waals surface area contributed by atoms with Crippen molar-refractivity contribution in [3.05, 3.63) is 29.3 Å². The number of thiazole rings is 1. The van der Waals surface area contributed by atoms with E-state index in [1.807, 2.05) is 12.1 Å². The fraction of sp³-hybridized carbons (Fsp3) is 0.385. The van der Waals surface area contributed by atoms with Gasteiger partial charge in [-0.15, -0.1) is 11.3 Å². The molecule has 5 heteroatoms. The maximum absolute atomic E-state index is 11.9. The molecule has 18 heavy (non-hydrogen) atoms. The Morgan fingerprint density at radius 3 is 3.11 bits per heavy atom. The minimum absolute atomic E-state index is 0.0494. The smallest absolute Gasteiger partial charge is 0.251 e. The maximum Gasteiger partial charge on any atom is 0.251 e. The normalized spacial score (nSPS) is 22.7. The molecule has 1 aromatic heterocycles. The molecule has 1 amide bonds. The molecule has 0 saturated heterocycles. The monoisotopic (exact) mass is 262 g/mol. The summed E-state index contributed by atoms with van der Waals surface area (Å²) in [6.45, 7) is 0.649. The number of nitrogens with zero attached hydrogens (tertiary/aromatic N) is 1. The second-order valence-electron chi connectivity index (χ2n) is 4.74. The number of carbonyl (C=O) groups excluding carboxylic acids is 1. The molecular formula is C13H14N2O2S. The van der Waals surface area contributed by atoms with Crippen molar-refractivity contribution in [3.8, 4) is 0 Å². The van der Waals surface area contributed by atoms with Crippen molar-refractivity contribution in [1.29, 1.82) is 0 Å². The van der Waals surface area contributed by atoms with Crippen LogP contribution in [-0.4, -0.2) is 28.6 Å². The molecule has 0 spiro atoms. The summed E-state index contributed by atoms with van der Waals surface area (Å²) in [6, 6.07) is 5.54. The van der Waals surface area contributed by atoms with Crippen LogP contribution in [0.3, 0.4) is 0 Å². The van der Waals surface area contributed by atoms with Gasteiger partial charge in [0.15, 0.2) is 0 Å². The highest BCUT2D eigenvalue weighted by Crippen LogP contribution is 2.26. The summed E-state index contributed by atoms with van der Waals surface area (Å²) in [5.41, 5.74) is 3.38. The Bertz CT molecular complexity index is 575. The number of hydrogen-bond acceptors (Lipinski definition) is 4. The van der Waals surface area contributed by atoms with Crippen LogP contribution in [0.4, 0.5) is 0 Å². The first-order valence-corrected chi connectivity index (χ1v) is 6.90. The summed E-state index contributed by atoms with van der Waals surface area (Å²) >= 11 is 1.54. The zero-order chi connectivity index (χ0) is 12.5. The summed E-state index contributed by atoms with van der Waals surface area (Å²) in [6.07, 6.45) is 1.43. The number of fused-ring (bicyclic) bond motifs is 1. The fourth-order valence-corrected chi connectivity index (χ4v) is 2.92. The summed E-state index contributed by atoms with van der Waals surface area (Å²) in [5, 5.41) is 12.1. The van der Waals surface area contributed by atoms with Crippen molar-refractivity contribution in [2.45, 2.75) is 18.9 Å². The van der Waals surface area contributed by atoms with Gasteiger partial charge in [0.2, 0.25) is 0 Å². The maximum atomic E-state index is 11.9. The highest BCUT2D eigenvalue weighted by atomic mass is 32.1. The number of nitrogens with one attached hydrogen (secondary N) is 1. The van der Waals surface area contributed by atoms with Gasteiger partial charge < -0.3 is 10.4 Å². The number of carbonyl (C=O) groups is 1. The lowest BCUT2D eigenvalue weighted by atomic mass is 9.82. The van der Waals surface area contributed by atoms with Gasteiger partial charge in [0.05, 0.1) is 21.8 Å². The van der Waals surface area contributed by atoms with Gasteiger partial charge in [-0.05, 0) is 37.0 Å². The topological polar surface area (TPSA) is 62.2 Å². The van der Waals surface area contributed by atoms with Gasteiger partial charge in [-0.1, -0.05) is 0 Å². The van der Waals surface area contributed by atoms with Gasteiger partial charge in [-0.3, -0.25) is 4.79 Å². The first-order valence-electron chi connectivity index (χ1n) is 6.02. The zero-order valence-electron chi connectivity index (χ0n) is 9.80. The van der Waals surface area contributed by atoms with Crippen LogP contribution in [0.25, 0.3) is 10.2 Å². The quantitative estimate of drug-likeness (QED) is 0.886. The second kappa shape index (κ2) is 4.66. The van der Waals surface area contributed by atoms with Crippen LogP contribution in [0.5, 0.6) is 0 Å². The number of aliphatic hydroxyl groups is 1. The van der Waals surface area contributed by atoms with E-state index in [1.54, 1.807) is 11.6 Å². The molecule has 1 aromatic carbocycles. The SMILES string of the molecule is O=C(NCC1CC(O)C1)c1ccc2ncsc2c1.